The first-order chi connectivity index (χ1) is 15.2. The highest BCUT2D eigenvalue weighted by atomic mass is 127. The minimum absolute atomic E-state index is 0. The van der Waals surface area contributed by atoms with Crippen LogP contribution < -0.4 is 10.6 Å². The number of ether oxygens (including phenoxy) is 1. The number of nitrogens with zero attached hydrogens (tertiary/aromatic N) is 4. The minimum Gasteiger partial charge on any atom is -0.379 e. The van der Waals surface area contributed by atoms with Crippen molar-refractivity contribution < 1.29 is 4.74 Å². The molecule has 1 aliphatic rings. The summed E-state index contributed by atoms with van der Waals surface area (Å²) in [5.74, 6) is 1.50. The molecule has 1 unspecified atom stereocenters. The Kier molecular flexibility index (Phi) is 12.0. The zero-order chi connectivity index (χ0) is 21.9. The monoisotopic (exact) mass is 554 g/mol. The number of guanidine groups is 1. The second kappa shape index (κ2) is 14.5. The quantitative estimate of drug-likeness (QED) is 0.268. The Labute approximate surface area is 210 Å². The van der Waals surface area contributed by atoms with E-state index in [1.807, 2.05) is 24.0 Å². The molecule has 0 radical (unpaired) electrons. The minimum atomic E-state index is 0. The van der Waals surface area contributed by atoms with Crippen molar-refractivity contribution in [2.24, 2.45) is 10.9 Å². The van der Waals surface area contributed by atoms with Crippen LogP contribution in [0.2, 0.25) is 0 Å². The van der Waals surface area contributed by atoms with E-state index in [1.165, 1.54) is 18.4 Å². The van der Waals surface area contributed by atoms with Crippen molar-refractivity contribution in [3.63, 3.8) is 0 Å². The molecule has 0 spiro atoms. The van der Waals surface area contributed by atoms with Crippen molar-refractivity contribution >= 4 is 29.9 Å². The number of halogens is 1. The van der Waals surface area contributed by atoms with Crippen LogP contribution in [0.25, 0.3) is 0 Å². The molecular formula is C24H39IN6O. The van der Waals surface area contributed by atoms with Crippen molar-refractivity contribution in [3.05, 3.63) is 53.9 Å². The van der Waals surface area contributed by atoms with Crippen LogP contribution in [0.4, 0.5) is 0 Å². The summed E-state index contributed by atoms with van der Waals surface area (Å²) >= 11 is 0. The number of aromatic nitrogens is 2. The van der Waals surface area contributed by atoms with E-state index in [-0.39, 0.29) is 24.0 Å². The summed E-state index contributed by atoms with van der Waals surface area (Å²) < 4.78 is 7.54. The molecule has 2 heterocycles. The maximum Gasteiger partial charge on any atom is 0.191 e. The molecule has 1 atom stereocenters. The van der Waals surface area contributed by atoms with Crippen molar-refractivity contribution in [1.82, 2.24) is 25.3 Å². The first-order valence-electron chi connectivity index (χ1n) is 11.5. The summed E-state index contributed by atoms with van der Waals surface area (Å²) in [5, 5.41) is 11.5. The number of hydrogen-bond donors (Lipinski definition) is 2. The molecule has 1 aromatic carbocycles. The zero-order valence-corrected chi connectivity index (χ0v) is 22.0. The lowest BCUT2D eigenvalue weighted by molar-refractivity contribution is 0.00272. The van der Waals surface area contributed by atoms with Gasteiger partial charge in [0.15, 0.2) is 5.96 Å². The number of morpholine rings is 1. The van der Waals surface area contributed by atoms with Crippen LogP contribution >= 0.6 is 24.0 Å². The summed E-state index contributed by atoms with van der Waals surface area (Å²) in [4.78, 5) is 7.01. The molecule has 178 valence electrons. The molecule has 1 fully saturated rings. The second-order valence-electron chi connectivity index (χ2n) is 8.13. The normalized spacial score (nSPS) is 15.9. The van der Waals surface area contributed by atoms with Crippen LogP contribution in [0, 0.1) is 5.92 Å². The maximum absolute atomic E-state index is 5.56. The highest BCUT2D eigenvalue weighted by molar-refractivity contribution is 14.0. The second-order valence-corrected chi connectivity index (χ2v) is 8.13. The molecule has 2 aromatic rings. The van der Waals surface area contributed by atoms with Crippen LogP contribution in [0.1, 0.15) is 37.8 Å². The van der Waals surface area contributed by atoms with Crippen molar-refractivity contribution in [2.75, 3.05) is 39.9 Å². The lowest BCUT2D eigenvalue weighted by atomic mass is 9.92. The van der Waals surface area contributed by atoms with Crippen LogP contribution in [0.3, 0.4) is 0 Å². The maximum atomic E-state index is 5.56. The molecular weight excluding hydrogens is 515 g/mol. The molecule has 1 aromatic heterocycles. The molecule has 0 saturated carbocycles. The third-order valence-electron chi connectivity index (χ3n) is 6.14. The van der Waals surface area contributed by atoms with Gasteiger partial charge in [-0.05, 0) is 11.5 Å². The predicted octanol–water partition coefficient (Wildman–Crippen LogP) is 3.35. The molecule has 8 heteroatoms. The SMILES string of the molecule is CCC(CC)C(CNC(=NC)NCc1cnn(Cc2ccccc2)c1)N1CCOCC1.I. The van der Waals surface area contributed by atoms with Gasteiger partial charge in [0.1, 0.15) is 0 Å². The standard InChI is InChI=1S/C24H38N6O.HI/c1-4-22(5-2)23(29-11-13-31-14-12-29)17-27-24(25-3)26-15-21-16-28-30(19-21)18-20-9-7-6-8-10-20;/h6-10,16,19,22-23H,4-5,11-15,17-18H2,1-3H3,(H2,25,26,27);1H. The Bertz CT molecular complexity index is 787. The van der Waals surface area contributed by atoms with Crippen molar-refractivity contribution in [2.45, 2.75) is 45.8 Å². The largest absolute Gasteiger partial charge is 0.379 e. The van der Waals surface area contributed by atoms with Gasteiger partial charge in [-0.1, -0.05) is 57.0 Å². The number of aliphatic imine (C=N–C) groups is 1. The van der Waals surface area contributed by atoms with E-state index in [9.17, 15) is 0 Å². The smallest absolute Gasteiger partial charge is 0.191 e. The van der Waals surface area contributed by atoms with Gasteiger partial charge in [0.25, 0.3) is 0 Å². The summed E-state index contributed by atoms with van der Waals surface area (Å²) in [5.41, 5.74) is 2.39. The molecule has 0 aliphatic carbocycles. The average Bonchev–Trinajstić information content (AvgIpc) is 3.27. The molecule has 1 aliphatic heterocycles. The lowest BCUT2D eigenvalue weighted by Crippen LogP contribution is -2.53. The van der Waals surface area contributed by atoms with Gasteiger partial charge in [0.05, 0.1) is 26.0 Å². The summed E-state index contributed by atoms with van der Waals surface area (Å²) in [6.45, 7) is 10.6. The van der Waals surface area contributed by atoms with Gasteiger partial charge >= 0.3 is 0 Å². The third-order valence-corrected chi connectivity index (χ3v) is 6.14. The van der Waals surface area contributed by atoms with E-state index >= 15 is 0 Å². The van der Waals surface area contributed by atoms with Gasteiger partial charge < -0.3 is 15.4 Å². The van der Waals surface area contributed by atoms with Crippen molar-refractivity contribution in [1.29, 1.82) is 0 Å². The fraction of sp³-hybridized carbons (Fsp3) is 0.583. The van der Waals surface area contributed by atoms with Gasteiger partial charge in [-0.3, -0.25) is 14.6 Å². The fourth-order valence-corrected chi connectivity index (χ4v) is 4.30. The molecule has 7 nitrogen and oxygen atoms in total. The Balaban J connectivity index is 0.00000363. The first-order valence-corrected chi connectivity index (χ1v) is 11.5. The Hall–Kier alpha value is -1.65. The van der Waals surface area contributed by atoms with E-state index in [0.29, 0.717) is 18.5 Å². The van der Waals surface area contributed by atoms with E-state index in [2.05, 4.69) is 69.9 Å². The Morgan fingerprint density at radius 1 is 1.09 bits per heavy atom. The van der Waals surface area contributed by atoms with Gasteiger partial charge in [-0.25, -0.2) is 0 Å². The predicted molar refractivity (Wildman–Crippen MR) is 142 cm³/mol. The highest BCUT2D eigenvalue weighted by Gasteiger charge is 2.27. The number of nitrogens with one attached hydrogen (secondary N) is 2. The molecule has 0 bridgehead atoms. The fourth-order valence-electron chi connectivity index (χ4n) is 4.30. The molecule has 1 saturated heterocycles. The molecule has 0 amide bonds. The van der Waals surface area contributed by atoms with Gasteiger partial charge in [-0.15, -0.1) is 24.0 Å². The summed E-state index contributed by atoms with van der Waals surface area (Å²) in [6, 6.07) is 10.9. The zero-order valence-electron chi connectivity index (χ0n) is 19.7. The Morgan fingerprint density at radius 2 is 1.81 bits per heavy atom. The number of benzene rings is 1. The molecule has 3 rings (SSSR count). The highest BCUT2D eigenvalue weighted by Crippen LogP contribution is 2.19. The van der Waals surface area contributed by atoms with E-state index in [1.54, 1.807) is 0 Å². The summed E-state index contributed by atoms with van der Waals surface area (Å²) in [6.07, 6.45) is 6.39. The van der Waals surface area contributed by atoms with Gasteiger partial charge in [0.2, 0.25) is 0 Å². The van der Waals surface area contributed by atoms with E-state index in [0.717, 1.165) is 50.9 Å². The van der Waals surface area contributed by atoms with E-state index < -0.39 is 0 Å². The van der Waals surface area contributed by atoms with Crippen LogP contribution in [0.15, 0.2) is 47.7 Å². The van der Waals surface area contributed by atoms with Crippen LogP contribution in [-0.4, -0.2) is 66.6 Å². The average molecular weight is 555 g/mol. The first kappa shape index (κ1) is 26.6. The third kappa shape index (κ3) is 8.04. The number of rotatable bonds is 10. The molecule has 32 heavy (non-hydrogen) atoms. The molecule has 2 N–H and O–H groups in total. The number of hydrogen-bond acceptors (Lipinski definition) is 4. The van der Waals surface area contributed by atoms with Gasteiger partial charge in [-0.2, -0.15) is 5.10 Å². The van der Waals surface area contributed by atoms with Crippen LogP contribution in [0.5, 0.6) is 0 Å². The topological polar surface area (TPSA) is 66.7 Å². The van der Waals surface area contributed by atoms with E-state index in [4.69, 9.17) is 4.74 Å². The summed E-state index contributed by atoms with van der Waals surface area (Å²) in [7, 11) is 1.83. The van der Waals surface area contributed by atoms with Crippen molar-refractivity contribution in [3.8, 4) is 0 Å². The van der Waals surface area contributed by atoms with Gasteiger partial charge in [0, 0.05) is 51.0 Å². The van der Waals surface area contributed by atoms with Crippen LogP contribution in [-0.2, 0) is 17.8 Å². The lowest BCUT2D eigenvalue weighted by Gasteiger charge is -2.39. The Morgan fingerprint density at radius 3 is 2.47 bits per heavy atom.